The van der Waals surface area contributed by atoms with E-state index in [9.17, 15) is 0 Å². The fourth-order valence-corrected chi connectivity index (χ4v) is 2.66. The monoisotopic (exact) mass is 378 g/mol. The van der Waals surface area contributed by atoms with Crippen LogP contribution < -0.4 is 4.74 Å². The molecule has 1 aromatic carbocycles. The topological polar surface area (TPSA) is 22.4 Å². The maximum Gasteiger partial charge on any atom is 0.193 e. The molecule has 1 unspecified atom stereocenters. The molecule has 0 fully saturated rings. The number of ether oxygens (including phenoxy) is 1. The second-order valence-corrected chi connectivity index (χ2v) is 5.59. The van der Waals surface area contributed by atoms with E-state index in [0.717, 1.165) is 21.5 Å². The van der Waals surface area contributed by atoms with Crippen LogP contribution in [0.15, 0.2) is 39.2 Å². The van der Waals surface area contributed by atoms with Gasteiger partial charge in [0.15, 0.2) is 5.22 Å². The quantitative estimate of drug-likeness (QED) is 0.684. The summed E-state index contributed by atoms with van der Waals surface area (Å²) in [6.45, 7) is 0. The maximum atomic E-state index is 5.77. The Labute approximate surface area is 121 Å². The number of furan rings is 1. The van der Waals surface area contributed by atoms with Gasteiger partial charge in [-0.15, -0.1) is 0 Å². The Morgan fingerprint density at radius 2 is 2.06 bits per heavy atom. The minimum atomic E-state index is -0.0950. The molecule has 0 aliphatic rings. The Bertz CT molecular complexity index is 525. The summed E-state index contributed by atoms with van der Waals surface area (Å²) in [6.07, 6.45) is 0. The normalized spacial score (nSPS) is 12.5. The molecule has 0 amide bonds. The molecule has 1 atom stereocenters. The van der Waals surface area contributed by atoms with Crippen LogP contribution in [0.3, 0.4) is 0 Å². The van der Waals surface area contributed by atoms with Crippen molar-refractivity contribution in [3.05, 3.63) is 51.3 Å². The molecule has 0 aliphatic heterocycles. The van der Waals surface area contributed by atoms with Crippen molar-refractivity contribution in [3.63, 3.8) is 0 Å². The molecule has 0 N–H and O–H groups in total. The first-order chi connectivity index (χ1) is 8.11. The summed E-state index contributed by atoms with van der Waals surface area (Å²) in [6, 6.07) is 9.36. The number of hydrogen-bond donors (Lipinski definition) is 0. The summed E-state index contributed by atoms with van der Waals surface area (Å²) >= 11 is 12.8. The Kier molecular flexibility index (Phi) is 4.17. The van der Waals surface area contributed by atoms with Crippen molar-refractivity contribution in [1.82, 2.24) is 0 Å². The molecule has 17 heavy (non-hydrogen) atoms. The minimum absolute atomic E-state index is 0.0950. The highest BCUT2D eigenvalue weighted by Gasteiger charge is 2.18. The molecule has 0 bridgehead atoms. The molecular formula is C12H9Br2ClO2. The predicted octanol–water partition coefficient (Wildman–Crippen LogP) is 5.19. The van der Waals surface area contributed by atoms with Gasteiger partial charge in [-0.05, 0) is 41.9 Å². The van der Waals surface area contributed by atoms with Crippen molar-refractivity contribution in [1.29, 1.82) is 0 Å². The highest BCUT2D eigenvalue weighted by molar-refractivity contribution is 9.10. The third-order valence-corrected chi connectivity index (χ3v) is 3.95. The fourth-order valence-electron chi connectivity index (χ4n) is 1.52. The van der Waals surface area contributed by atoms with E-state index in [-0.39, 0.29) is 4.83 Å². The van der Waals surface area contributed by atoms with E-state index < -0.39 is 0 Å². The van der Waals surface area contributed by atoms with Crippen LogP contribution in [-0.2, 0) is 0 Å². The minimum Gasteiger partial charge on any atom is -0.496 e. The number of halogens is 3. The summed E-state index contributed by atoms with van der Waals surface area (Å²) in [5.74, 6) is 1.54. The van der Waals surface area contributed by atoms with E-state index >= 15 is 0 Å². The number of methoxy groups -OCH3 is 1. The van der Waals surface area contributed by atoms with Gasteiger partial charge in [-0.1, -0.05) is 31.9 Å². The molecule has 90 valence electrons. The van der Waals surface area contributed by atoms with E-state index in [1.165, 1.54) is 0 Å². The SMILES string of the molecule is COc1ccc(Br)cc1C(Br)c1ccc(Cl)o1. The van der Waals surface area contributed by atoms with Crippen LogP contribution in [0.25, 0.3) is 0 Å². The second-order valence-electron chi connectivity index (χ2n) is 3.39. The van der Waals surface area contributed by atoms with Crippen LogP contribution in [-0.4, -0.2) is 7.11 Å². The summed E-state index contributed by atoms with van der Waals surface area (Å²) in [4.78, 5) is -0.0950. The molecule has 2 nitrogen and oxygen atoms in total. The molecule has 2 rings (SSSR count). The standard InChI is InChI=1S/C12H9Br2ClO2/c1-16-9-3-2-7(13)6-8(9)12(14)10-4-5-11(15)17-10/h2-6,12H,1H3. The first-order valence-corrected chi connectivity index (χ1v) is 6.93. The van der Waals surface area contributed by atoms with E-state index in [0.29, 0.717) is 5.22 Å². The van der Waals surface area contributed by atoms with Crippen molar-refractivity contribution in [2.75, 3.05) is 7.11 Å². The molecule has 5 heteroatoms. The van der Waals surface area contributed by atoms with E-state index in [1.54, 1.807) is 13.2 Å². The number of hydrogen-bond acceptors (Lipinski definition) is 2. The Morgan fingerprint density at radius 1 is 1.29 bits per heavy atom. The zero-order valence-corrected chi connectivity index (χ0v) is 12.8. The van der Waals surface area contributed by atoms with Crippen LogP contribution in [0, 0.1) is 0 Å². The first kappa shape index (κ1) is 13.0. The van der Waals surface area contributed by atoms with Gasteiger partial charge in [0.1, 0.15) is 16.3 Å². The molecule has 0 spiro atoms. The first-order valence-electron chi connectivity index (χ1n) is 4.84. The third-order valence-electron chi connectivity index (χ3n) is 2.31. The number of rotatable bonds is 3. The molecule has 2 aromatic rings. The lowest BCUT2D eigenvalue weighted by molar-refractivity contribution is 0.408. The average molecular weight is 380 g/mol. The van der Waals surface area contributed by atoms with E-state index in [1.807, 2.05) is 24.3 Å². The number of alkyl halides is 1. The van der Waals surface area contributed by atoms with Crippen LogP contribution in [0.2, 0.25) is 5.22 Å². The molecule has 0 saturated carbocycles. The smallest absolute Gasteiger partial charge is 0.193 e. The van der Waals surface area contributed by atoms with Gasteiger partial charge in [0.2, 0.25) is 0 Å². The van der Waals surface area contributed by atoms with E-state index in [4.69, 9.17) is 20.8 Å². The summed E-state index contributed by atoms with van der Waals surface area (Å²) in [5.41, 5.74) is 0.980. The van der Waals surface area contributed by atoms with Gasteiger partial charge in [0.05, 0.1) is 7.11 Å². The van der Waals surface area contributed by atoms with Gasteiger partial charge in [-0.3, -0.25) is 0 Å². The fraction of sp³-hybridized carbons (Fsp3) is 0.167. The van der Waals surface area contributed by atoms with Crippen molar-refractivity contribution < 1.29 is 9.15 Å². The molecule has 0 radical (unpaired) electrons. The van der Waals surface area contributed by atoms with Gasteiger partial charge in [-0.2, -0.15) is 0 Å². The van der Waals surface area contributed by atoms with Gasteiger partial charge in [0.25, 0.3) is 0 Å². The van der Waals surface area contributed by atoms with Crippen molar-refractivity contribution in [3.8, 4) is 5.75 Å². The van der Waals surface area contributed by atoms with Crippen LogP contribution >= 0.6 is 43.5 Å². The van der Waals surface area contributed by atoms with E-state index in [2.05, 4.69) is 31.9 Å². The average Bonchev–Trinajstić information content (AvgIpc) is 2.75. The third kappa shape index (κ3) is 2.87. The Morgan fingerprint density at radius 3 is 2.65 bits per heavy atom. The van der Waals surface area contributed by atoms with Gasteiger partial charge in [0, 0.05) is 10.0 Å². The second kappa shape index (κ2) is 5.46. The lowest BCUT2D eigenvalue weighted by Gasteiger charge is -2.12. The Hall–Kier alpha value is -0.450. The lowest BCUT2D eigenvalue weighted by Crippen LogP contribution is -1.96. The molecule has 1 aromatic heterocycles. The van der Waals surface area contributed by atoms with Gasteiger partial charge in [-0.25, -0.2) is 0 Å². The highest BCUT2D eigenvalue weighted by atomic mass is 79.9. The van der Waals surface area contributed by atoms with Crippen molar-refractivity contribution in [2.45, 2.75) is 4.83 Å². The molecule has 1 heterocycles. The molecular weight excluding hydrogens is 371 g/mol. The van der Waals surface area contributed by atoms with Crippen molar-refractivity contribution >= 4 is 43.5 Å². The zero-order valence-electron chi connectivity index (χ0n) is 8.91. The highest BCUT2D eigenvalue weighted by Crippen LogP contribution is 2.39. The largest absolute Gasteiger partial charge is 0.496 e. The zero-order chi connectivity index (χ0) is 12.4. The molecule has 0 saturated heterocycles. The lowest BCUT2D eigenvalue weighted by atomic mass is 10.1. The van der Waals surface area contributed by atoms with Crippen LogP contribution in [0.4, 0.5) is 0 Å². The summed E-state index contributed by atoms with van der Waals surface area (Å²) < 4.78 is 11.7. The predicted molar refractivity (Wildman–Crippen MR) is 75.2 cm³/mol. The van der Waals surface area contributed by atoms with Gasteiger partial charge >= 0.3 is 0 Å². The maximum absolute atomic E-state index is 5.77. The summed E-state index contributed by atoms with van der Waals surface area (Å²) in [7, 11) is 1.64. The summed E-state index contributed by atoms with van der Waals surface area (Å²) in [5, 5.41) is 0.374. The van der Waals surface area contributed by atoms with Gasteiger partial charge < -0.3 is 9.15 Å². The van der Waals surface area contributed by atoms with Crippen LogP contribution in [0.5, 0.6) is 5.75 Å². The number of benzene rings is 1. The van der Waals surface area contributed by atoms with Crippen molar-refractivity contribution in [2.24, 2.45) is 0 Å². The Balaban J connectivity index is 2.42. The van der Waals surface area contributed by atoms with Crippen LogP contribution in [0.1, 0.15) is 16.2 Å². The molecule has 0 aliphatic carbocycles.